The Morgan fingerprint density at radius 1 is 1.10 bits per heavy atom. The number of alkyl halides is 3. The van der Waals surface area contributed by atoms with Crippen molar-refractivity contribution in [2.45, 2.75) is 83.0 Å². The minimum absolute atomic E-state index is 0.0163. The van der Waals surface area contributed by atoms with Gasteiger partial charge in [-0.25, -0.2) is 4.39 Å². The SMILES string of the molecule is Cc1cc(N)cc([C@@H]2Cc3nc(OCC45CCCN4C/C(=C\F)C5)nc(N4CCCn5nc(C(=O)N6CCC6)cc5C4)c3CO2)c1C(F)(F)F. The first-order valence-electron chi connectivity index (χ1n) is 17.3. The van der Waals surface area contributed by atoms with Gasteiger partial charge in [0.25, 0.3) is 5.91 Å². The Labute approximate surface area is 287 Å². The molecule has 8 rings (SSSR count). The molecular weight excluding hydrogens is 656 g/mol. The van der Waals surface area contributed by atoms with Gasteiger partial charge in [-0.3, -0.25) is 14.4 Å². The van der Waals surface area contributed by atoms with Crippen LogP contribution in [0.5, 0.6) is 6.01 Å². The van der Waals surface area contributed by atoms with Crippen molar-refractivity contribution in [1.82, 2.24) is 29.5 Å². The van der Waals surface area contributed by atoms with Crippen LogP contribution in [0.3, 0.4) is 0 Å². The topological polar surface area (TPSA) is 115 Å². The van der Waals surface area contributed by atoms with Crippen LogP contribution in [-0.2, 0) is 37.0 Å². The summed E-state index contributed by atoms with van der Waals surface area (Å²) in [4.78, 5) is 28.8. The summed E-state index contributed by atoms with van der Waals surface area (Å²) in [5.41, 5.74) is 8.36. The Bertz CT molecular complexity index is 1860. The zero-order valence-corrected chi connectivity index (χ0v) is 27.9. The van der Waals surface area contributed by atoms with E-state index in [0.717, 1.165) is 56.6 Å². The second-order valence-corrected chi connectivity index (χ2v) is 14.2. The van der Waals surface area contributed by atoms with Gasteiger partial charge in [-0.1, -0.05) is 0 Å². The lowest BCUT2D eigenvalue weighted by Crippen LogP contribution is -2.43. The second-order valence-electron chi connectivity index (χ2n) is 14.2. The first-order valence-corrected chi connectivity index (χ1v) is 17.3. The molecule has 7 heterocycles. The maximum absolute atomic E-state index is 14.3. The number of nitrogens with zero attached hydrogens (tertiary/aromatic N) is 7. The highest BCUT2D eigenvalue weighted by Gasteiger charge is 2.47. The number of hydrogen-bond donors (Lipinski definition) is 1. The number of fused-ring (bicyclic) bond motifs is 3. The molecule has 0 aliphatic carbocycles. The monoisotopic (exact) mass is 696 g/mol. The first-order chi connectivity index (χ1) is 24.0. The van der Waals surface area contributed by atoms with Gasteiger partial charge < -0.3 is 25.0 Å². The van der Waals surface area contributed by atoms with E-state index >= 15 is 0 Å². The summed E-state index contributed by atoms with van der Waals surface area (Å²) in [6.07, 6.45) is -0.723. The molecule has 1 aromatic carbocycles. The normalized spacial score (nSPS) is 24.5. The largest absolute Gasteiger partial charge is 0.461 e. The molecule has 5 aliphatic heterocycles. The van der Waals surface area contributed by atoms with Crippen molar-refractivity contribution in [2.24, 2.45) is 0 Å². The summed E-state index contributed by atoms with van der Waals surface area (Å²) in [5.74, 6) is 0.496. The van der Waals surface area contributed by atoms with Crippen molar-refractivity contribution < 1.29 is 31.8 Å². The lowest BCUT2D eigenvalue weighted by atomic mass is 9.92. The fourth-order valence-electron chi connectivity index (χ4n) is 8.32. The number of amides is 1. The number of likely N-dealkylation sites (tertiary alicyclic amines) is 1. The molecular formula is C35H40F4N8O3. The number of ether oxygens (including phenoxy) is 2. The fourth-order valence-corrected chi connectivity index (χ4v) is 8.32. The second kappa shape index (κ2) is 12.5. The molecule has 2 aromatic heterocycles. The number of aryl methyl sites for hydroxylation is 2. The van der Waals surface area contributed by atoms with Crippen LogP contribution >= 0.6 is 0 Å². The number of carbonyl (C=O) groups is 1. The molecule has 0 bridgehead atoms. The van der Waals surface area contributed by atoms with Crippen molar-refractivity contribution in [3.63, 3.8) is 0 Å². The number of aromatic nitrogens is 4. The van der Waals surface area contributed by atoms with Crippen molar-refractivity contribution in [3.8, 4) is 6.01 Å². The van der Waals surface area contributed by atoms with Gasteiger partial charge in [0.05, 0.1) is 48.1 Å². The number of benzene rings is 1. The van der Waals surface area contributed by atoms with Gasteiger partial charge in [0.2, 0.25) is 0 Å². The molecule has 0 radical (unpaired) electrons. The molecule has 1 amide bonds. The van der Waals surface area contributed by atoms with Crippen molar-refractivity contribution in [2.75, 3.05) is 50.0 Å². The minimum atomic E-state index is -4.60. The molecule has 1 unspecified atom stereocenters. The fraction of sp³-hybridized carbons (Fsp3) is 0.543. The molecule has 11 nitrogen and oxygen atoms in total. The quantitative estimate of drug-likeness (QED) is 0.277. The van der Waals surface area contributed by atoms with Crippen LogP contribution in [-0.4, -0.2) is 80.3 Å². The van der Waals surface area contributed by atoms with E-state index in [9.17, 15) is 22.4 Å². The maximum atomic E-state index is 14.3. The molecule has 50 heavy (non-hydrogen) atoms. The number of rotatable bonds is 6. The van der Waals surface area contributed by atoms with Gasteiger partial charge in [-0.15, -0.1) is 0 Å². The van der Waals surface area contributed by atoms with E-state index < -0.39 is 17.8 Å². The van der Waals surface area contributed by atoms with E-state index in [1.165, 1.54) is 19.1 Å². The summed E-state index contributed by atoms with van der Waals surface area (Å²) in [6.45, 7) is 6.13. The highest BCUT2D eigenvalue weighted by Crippen LogP contribution is 2.44. The lowest BCUT2D eigenvalue weighted by Gasteiger charge is -2.33. The van der Waals surface area contributed by atoms with E-state index in [1.54, 1.807) is 4.90 Å². The highest BCUT2D eigenvalue weighted by molar-refractivity contribution is 5.92. The summed E-state index contributed by atoms with van der Waals surface area (Å²) in [7, 11) is 0. The Morgan fingerprint density at radius 2 is 1.92 bits per heavy atom. The van der Waals surface area contributed by atoms with Gasteiger partial charge in [0.15, 0.2) is 5.69 Å². The van der Waals surface area contributed by atoms with Crippen LogP contribution < -0.4 is 15.4 Å². The first kappa shape index (κ1) is 32.9. The van der Waals surface area contributed by atoms with Crippen molar-refractivity contribution in [3.05, 3.63) is 69.4 Å². The lowest BCUT2D eigenvalue weighted by molar-refractivity contribution is -0.140. The number of hydrogen-bond acceptors (Lipinski definition) is 9. The molecule has 3 aromatic rings. The molecule has 2 N–H and O–H groups in total. The Balaban J connectivity index is 1.14. The van der Waals surface area contributed by atoms with Crippen LogP contribution in [0.25, 0.3) is 0 Å². The smallest absolute Gasteiger partial charge is 0.417 e. The average molecular weight is 697 g/mol. The molecule has 0 spiro atoms. The Kier molecular flexibility index (Phi) is 8.24. The van der Waals surface area contributed by atoms with E-state index in [-0.39, 0.29) is 53.9 Å². The molecule has 15 heteroatoms. The molecule has 5 aliphatic rings. The van der Waals surface area contributed by atoms with Crippen molar-refractivity contribution in [1.29, 1.82) is 0 Å². The summed E-state index contributed by atoms with van der Waals surface area (Å²) in [5, 5.41) is 4.63. The van der Waals surface area contributed by atoms with E-state index in [2.05, 4.69) is 14.9 Å². The van der Waals surface area contributed by atoms with Gasteiger partial charge in [-0.2, -0.15) is 28.2 Å². The summed E-state index contributed by atoms with van der Waals surface area (Å²) >= 11 is 0. The maximum Gasteiger partial charge on any atom is 0.417 e. The minimum Gasteiger partial charge on any atom is -0.461 e. The molecule has 3 fully saturated rings. The van der Waals surface area contributed by atoms with Crippen LogP contribution in [0, 0.1) is 6.92 Å². The van der Waals surface area contributed by atoms with Crippen LogP contribution in [0.4, 0.5) is 29.1 Å². The Morgan fingerprint density at radius 3 is 2.68 bits per heavy atom. The third-order valence-corrected chi connectivity index (χ3v) is 10.9. The van der Waals surface area contributed by atoms with E-state index in [1.807, 2.05) is 10.7 Å². The van der Waals surface area contributed by atoms with Gasteiger partial charge in [0.1, 0.15) is 12.4 Å². The molecule has 2 atom stereocenters. The average Bonchev–Trinajstić information content (AvgIpc) is 3.69. The van der Waals surface area contributed by atoms with E-state index in [4.69, 9.17) is 25.2 Å². The predicted octanol–water partition coefficient (Wildman–Crippen LogP) is 5.12. The molecule has 3 saturated heterocycles. The Hall–Kier alpha value is -4.24. The van der Waals surface area contributed by atoms with E-state index in [0.29, 0.717) is 61.7 Å². The van der Waals surface area contributed by atoms with Crippen LogP contribution in [0.1, 0.15) is 82.3 Å². The standard InChI is InChI=1S/C35H40F4N8O3/c1-21-11-23(40)12-25(30(21)35(37,38)39)29-14-27-26(19-49-29)31(42-33(41-27)50-20-34-5-2-9-46(34)17-22(15-34)16-36)45-8-4-10-47-24(18-45)13-28(43-47)32(48)44-6-3-7-44/h11-13,16,29H,2-10,14-15,17-20,40H2,1H3/b22-16-/t29-,34?/m0/s1. The van der Waals surface area contributed by atoms with Crippen LogP contribution in [0.15, 0.2) is 30.1 Å². The third kappa shape index (κ3) is 5.87. The number of nitrogens with two attached hydrogens (primary N) is 1. The summed E-state index contributed by atoms with van der Waals surface area (Å²) < 4.78 is 71.0. The highest BCUT2D eigenvalue weighted by atomic mass is 19.4. The van der Waals surface area contributed by atoms with Crippen LogP contribution in [0.2, 0.25) is 0 Å². The zero-order valence-electron chi connectivity index (χ0n) is 27.9. The number of halogens is 4. The number of nitrogen functional groups attached to an aromatic ring is 1. The number of anilines is 2. The predicted molar refractivity (Wildman–Crippen MR) is 175 cm³/mol. The zero-order chi connectivity index (χ0) is 34.8. The van der Waals surface area contributed by atoms with Gasteiger partial charge in [-0.05, 0) is 80.5 Å². The van der Waals surface area contributed by atoms with Crippen molar-refractivity contribution >= 4 is 17.4 Å². The number of carbonyl (C=O) groups excluding carboxylic acids is 1. The molecule has 266 valence electrons. The molecule has 0 saturated carbocycles. The van der Waals surface area contributed by atoms with Gasteiger partial charge >= 0.3 is 12.2 Å². The van der Waals surface area contributed by atoms with Gasteiger partial charge in [0, 0.05) is 50.4 Å². The summed E-state index contributed by atoms with van der Waals surface area (Å²) in [6, 6.07) is 4.61. The third-order valence-electron chi connectivity index (χ3n) is 10.9.